The molecule has 1 aromatic rings. The average molecular weight is 265 g/mol. The van der Waals surface area contributed by atoms with Crippen molar-refractivity contribution in [1.29, 1.82) is 0 Å². The second-order valence-electron chi connectivity index (χ2n) is 3.86. The molecule has 0 fully saturated rings. The van der Waals surface area contributed by atoms with Gasteiger partial charge in [-0.2, -0.15) is 0 Å². The summed E-state index contributed by atoms with van der Waals surface area (Å²) in [6.07, 6.45) is 3.42. The number of rotatable bonds is 8. The molecule has 6 nitrogen and oxygen atoms in total. The lowest BCUT2D eigenvalue weighted by molar-refractivity contribution is -0.121. The van der Waals surface area contributed by atoms with Gasteiger partial charge in [0, 0.05) is 32.3 Å². The van der Waals surface area contributed by atoms with Crippen molar-refractivity contribution in [3.63, 3.8) is 0 Å². The van der Waals surface area contributed by atoms with Crippen molar-refractivity contribution in [2.75, 3.05) is 19.7 Å². The lowest BCUT2D eigenvalue weighted by Gasteiger charge is -2.08. The van der Waals surface area contributed by atoms with Crippen LogP contribution in [0.3, 0.4) is 0 Å². The monoisotopic (exact) mass is 265 g/mol. The molecule has 104 valence electrons. The number of hydrogen-bond acceptors (Lipinski definition) is 4. The van der Waals surface area contributed by atoms with Crippen molar-refractivity contribution in [3.05, 3.63) is 41.3 Å². The average Bonchev–Trinajstić information content (AvgIpc) is 2.42. The molecule has 0 saturated heterocycles. The molecule has 0 atom stereocenters. The van der Waals surface area contributed by atoms with Crippen LogP contribution in [0.25, 0.3) is 0 Å². The van der Waals surface area contributed by atoms with Gasteiger partial charge in [0.2, 0.25) is 5.91 Å². The Hall–Kier alpha value is -2.08. The minimum absolute atomic E-state index is 0.130. The molecule has 19 heavy (non-hydrogen) atoms. The van der Waals surface area contributed by atoms with Crippen molar-refractivity contribution in [3.8, 4) is 5.75 Å². The predicted molar refractivity (Wildman–Crippen MR) is 73.1 cm³/mol. The van der Waals surface area contributed by atoms with Crippen molar-refractivity contribution < 1.29 is 9.53 Å². The van der Waals surface area contributed by atoms with Crippen LogP contribution < -0.4 is 21.3 Å². The lowest BCUT2D eigenvalue weighted by Crippen LogP contribution is -2.31. The van der Waals surface area contributed by atoms with Gasteiger partial charge in [0.15, 0.2) is 5.75 Å². The van der Waals surface area contributed by atoms with Gasteiger partial charge in [0.1, 0.15) is 6.61 Å². The standard InChI is InChI=1S/C13H19N3O3/c1-2-10-19-11-4-3-8-16(13(11)18)9-5-12(17)15-7-6-14/h2-4,8H,1,5-7,9-10,14H2,(H,15,17). The van der Waals surface area contributed by atoms with Crippen LogP contribution >= 0.6 is 0 Å². The van der Waals surface area contributed by atoms with Gasteiger partial charge in [-0.3, -0.25) is 9.59 Å². The summed E-state index contributed by atoms with van der Waals surface area (Å²) in [5, 5.41) is 2.65. The number of ether oxygens (including phenoxy) is 1. The van der Waals surface area contributed by atoms with E-state index in [9.17, 15) is 9.59 Å². The highest BCUT2D eigenvalue weighted by Crippen LogP contribution is 2.02. The number of nitrogens with two attached hydrogens (primary N) is 1. The largest absolute Gasteiger partial charge is 0.484 e. The Balaban J connectivity index is 2.61. The van der Waals surface area contributed by atoms with E-state index in [0.29, 0.717) is 19.6 Å². The van der Waals surface area contributed by atoms with Crippen LogP contribution in [0, 0.1) is 0 Å². The first-order valence-corrected chi connectivity index (χ1v) is 6.09. The third-order valence-electron chi connectivity index (χ3n) is 2.39. The quantitative estimate of drug-likeness (QED) is 0.641. The molecule has 0 unspecified atom stereocenters. The number of carbonyl (C=O) groups excluding carboxylic acids is 1. The number of nitrogens with one attached hydrogen (secondary N) is 1. The maximum absolute atomic E-state index is 12.0. The van der Waals surface area contributed by atoms with Crippen LogP contribution in [0.5, 0.6) is 5.75 Å². The van der Waals surface area contributed by atoms with Crippen LogP contribution in [-0.4, -0.2) is 30.2 Å². The molecule has 0 aliphatic carbocycles. The molecule has 0 saturated carbocycles. The number of hydrogen-bond donors (Lipinski definition) is 2. The molecule has 0 aliphatic rings. The Labute approximate surface area is 111 Å². The molecule has 1 heterocycles. The zero-order valence-corrected chi connectivity index (χ0v) is 10.8. The van der Waals surface area contributed by atoms with E-state index in [1.807, 2.05) is 0 Å². The van der Waals surface area contributed by atoms with E-state index in [2.05, 4.69) is 11.9 Å². The van der Waals surface area contributed by atoms with E-state index in [0.717, 1.165) is 0 Å². The van der Waals surface area contributed by atoms with E-state index < -0.39 is 0 Å². The summed E-state index contributed by atoms with van der Waals surface area (Å²) in [7, 11) is 0. The summed E-state index contributed by atoms with van der Waals surface area (Å²) in [4.78, 5) is 23.4. The maximum Gasteiger partial charge on any atom is 0.292 e. The van der Waals surface area contributed by atoms with Gasteiger partial charge in [-0.15, -0.1) is 0 Å². The highest BCUT2D eigenvalue weighted by Gasteiger charge is 2.06. The number of aromatic nitrogens is 1. The van der Waals surface area contributed by atoms with E-state index in [4.69, 9.17) is 10.5 Å². The van der Waals surface area contributed by atoms with E-state index in [1.165, 1.54) is 4.57 Å². The molecular formula is C13H19N3O3. The highest BCUT2D eigenvalue weighted by atomic mass is 16.5. The molecule has 0 radical (unpaired) electrons. The van der Waals surface area contributed by atoms with Gasteiger partial charge in [0.25, 0.3) is 5.56 Å². The maximum atomic E-state index is 12.0. The first-order valence-electron chi connectivity index (χ1n) is 6.09. The summed E-state index contributed by atoms with van der Waals surface area (Å²) < 4.78 is 6.67. The third-order valence-corrected chi connectivity index (χ3v) is 2.39. The SMILES string of the molecule is C=CCOc1cccn(CCC(=O)NCCN)c1=O. The minimum atomic E-state index is -0.254. The summed E-state index contributed by atoms with van der Waals surface area (Å²) in [5.74, 6) is 0.125. The van der Waals surface area contributed by atoms with Crippen LogP contribution in [0.2, 0.25) is 0 Å². The molecule has 1 amide bonds. The van der Waals surface area contributed by atoms with E-state index >= 15 is 0 Å². The molecule has 0 spiro atoms. The summed E-state index contributed by atoms with van der Waals surface area (Å²) in [5.41, 5.74) is 5.03. The Morgan fingerprint density at radius 3 is 3.05 bits per heavy atom. The van der Waals surface area contributed by atoms with Gasteiger partial charge < -0.3 is 20.4 Å². The van der Waals surface area contributed by atoms with Crippen LogP contribution in [0.1, 0.15) is 6.42 Å². The molecule has 1 aromatic heterocycles. The Morgan fingerprint density at radius 2 is 2.37 bits per heavy atom. The molecule has 3 N–H and O–H groups in total. The van der Waals surface area contributed by atoms with E-state index in [-0.39, 0.29) is 30.2 Å². The van der Waals surface area contributed by atoms with Crippen LogP contribution in [-0.2, 0) is 11.3 Å². The first-order chi connectivity index (χ1) is 9.19. The molecule has 0 aliphatic heterocycles. The number of carbonyl (C=O) groups is 1. The van der Waals surface area contributed by atoms with Crippen LogP contribution in [0.15, 0.2) is 35.8 Å². The number of amides is 1. The Bertz CT molecular complexity index is 482. The van der Waals surface area contributed by atoms with Crippen molar-refractivity contribution in [2.45, 2.75) is 13.0 Å². The highest BCUT2D eigenvalue weighted by molar-refractivity contribution is 5.75. The number of aryl methyl sites for hydroxylation is 1. The van der Waals surface area contributed by atoms with Gasteiger partial charge in [-0.25, -0.2) is 0 Å². The molecule has 0 bridgehead atoms. The van der Waals surface area contributed by atoms with Crippen molar-refractivity contribution >= 4 is 5.91 Å². The summed E-state index contributed by atoms with van der Waals surface area (Å²) in [6, 6.07) is 3.30. The van der Waals surface area contributed by atoms with Crippen molar-refractivity contribution in [2.24, 2.45) is 5.73 Å². The second-order valence-corrected chi connectivity index (χ2v) is 3.86. The fraction of sp³-hybridized carbons (Fsp3) is 0.385. The van der Waals surface area contributed by atoms with Gasteiger partial charge >= 0.3 is 0 Å². The van der Waals surface area contributed by atoms with Crippen molar-refractivity contribution in [1.82, 2.24) is 9.88 Å². The predicted octanol–water partition coefficient (Wildman–Crippen LogP) is -0.122. The van der Waals surface area contributed by atoms with Gasteiger partial charge in [0.05, 0.1) is 0 Å². The zero-order valence-electron chi connectivity index (χ0n) is 10.8. The summed E-state index contributed by atoms with van der Waals surface area (Å²) in [6.45, 7) is 4.94. The lowest BCUT2D eigenvalue weighted by atomic mass is 10.3. The van der Waals surface area contributed by atoms with Gasteiger partial charge in [-0.05, 0) is 12.1 Å². The second kappa shape index (κ2) is 8.10. The zero-order chi connectivity index (χ0) is 14.1. The third kappa shape index (κ3) is 4.97. The topological polar surface area (TPSA) is 86.3 Å². The fourth-order valence-corrected chi connectivity index (χ4v) is 1.47. The van der Waals surface area contributed by atoms with E-state index in [1.54, 1.807) is 24.4 Å². The van der Waals surface area contributed by atoms with Crippen LogP contribution in [0.4, 0.5) is 0 Å². The molecule has 1 rings (SSSR count). The normalized spacial score (nSPS) is 9.95. The fourth-order valence-electron chi connectivity index (χ4n) is 1.47. The molecular weight excluding hydrogens is 246 g/mol. The number of nitrogens with zero attached hydrogens (tertiary/aromatic N) is 1. The summed E-state index contributed by atoms with van der Waals surface area (Å²) >= 11 is 0. The molecule has 0 aromatic carbocycles. The smallest absolute Gasteiger partial charge is 0.292 e. The van der Waals surface area contributed by atoms with Gasteiger partial charge in [-0.1, -0.05) is 12.7 Å². The first kappa shape index (κ1) is 15.0. The molecule has 6 heteroatoms. The minimum Gasteiger partial charge on any atom is -0.484 e. The Kier molecular flexibility index (Phi) is 6.38. The number of pyridine rings is 1. The Morgan fingerprint density at radius 1 is 1.58 bits per heavy atom.